The minimum Gasteiger partial charge on any atom is -0.276 e. The van der Waals surface area contributed by atoms with Gasteiger partial charge in [0.1, 0.15) is 5.52 Å². The van der Waals surface area contributed by atoms with Gasteiger partial charge in [-0.05, 0) is 18.6 Å². The zero-order valence-electron chi connectivity index (χ0n) is 9.63. The van der Waals surface area contributed by atoms with Gasteiger partial charge >= 0.3 is 0 Å². The van der Waals surface area contributed by atoms with Crippen molar-refractivity contribution in [3.63, 3.8) is 0 Å². The summed E-state index contributed by atoms with van der Waals surface area (Å²) >= 11 is 0. The average molecular weight is 193 g/mol. The Labute approximate surface area is 85.6 Å². The summed E-state index contributed by atoms with van der Waals surface area (Å²) in [7, 11) is 0. The van der Waals surface area contributed by atoms with Crippen LogP contribution in [0.2, 0.25) is 0 Å². The van der Waals surface area contributed by atoms with Gasteiger partial charge in [-0.3, -0.25) is 10.1 Å². The number of pyridine rings is 1. The predicted octanol–water partition coefficient (Wildman–Crippen LogP) is 3.32. The molecule has 14 heavy (non-hydrogen) atoms. The van der Waals surface area contributed by atoms with Crippen molar-refractivity contribution in [2.24, 2.45) is 0 Å². The molecule has 0 fully saturated rings. The maximum absolute atomic E-state index is 4.11. The van der Waals surface area contributed by atoms with Crippen LogP contribution in [0.5, 0.6) is 0 Å². The summed E-state index contributed by atoms with van der Waals surface area (Å²) in [5.41, 5.74) is 3.14. The summed E-state index contributed by atoms with van der Waals surface area (Å²) in [6.45, 7) is 10.0. The first kappa shape index (κ1) is 12.6. The molecule has 2 heterocycles. The molecule has 0 amide bonds. The van der Waals surface area contributed by atoms with Crippen molar-refractivity contribution in [3.05, 3.63) is 24.0 Å². The third-order valence-electron chi connectivity index (χ3n) is 1.55. The van der Waals surface area contributed by atoms with Crippen LogP contribution in [0, 0.1) is 6.92 Å². The lowest BCUT2D eigenvalue weighted by Crippen LogP contribution is -1.77. The Hall–Kier alpha value is -1.38. The zero-order chi connectivity index (χ0) is 11.0. The maximum atomic E-state index is 4.11. The van der Waals surface area contributed by atoms with Gasteiger partial charge < -0.3 is 0 Å². The second-order valence-corrected chi connectivity index (χ2v) is 2.26. The van der Waals surface area contributed by atoms with E-state index in [2.05, 4.69) is 15.2 Å². The van der Waals surface area contributed by atoms with E-state index >= 15 is 0 Å². The third kappa shape index (κ3) is 2.83. The van der Waals surface area contributed by atoms with Crippen LogP contribution in [0.15, 0.2) is 18.5 Å². The summed E-state index contributed by atoms with van der Waals surface area (Å²) < 4.78 is 0. The first-order valence-electron chi connectivity index (χ1n) is 5.12. The van der Waals surface area contributed by atoms with Crippen LogP contribution in [-0.2, 0) is 0 Å². The summed E-state index contributed by atoms with van der Waals surface area (Å²) in [5, 5.41) is 6.75. The van der Waals surface area contributed by atoms with Crippen molar-refractivity contribution >= 4 is 11.0 Å². The Bertz CT molecular complexity index is 352. The smallest absolute Gasteiger partial charge is 0.108 e. The molecule has 0 aromatic carbocycles. The highest BCUT2D eigenvalue weighted by atomic mass is 15.1. The fourth-order valence-electron chi connectivity index (χ4n) is 0.981. The fourth-order valence-corrected chi connectivity index (χ4v) is 0.981. The van der Waals surface area contributed by atoms with Crippen molar-refractivity contribution in [1.29, 1.82) is 0 Å². The van der Waals surface area contributed by atoms with Crippen LogP contribution in [0.1, 0.15) is 33.3 Å². The molecule has 2 aromatic rings. The number of rotatable bonds is 0. The zero-order valence-corrected chi connectivity index (χ0v) is 9.63. The van der Waals surface area contributed by atoms with Crippen LogP contribution < -0.4 is 0 Å². The molecule has 0 radical (unpaired) electrons. The normalized spacial score (nSPS) is 8.36. The van der Waals surface area contributed by atoms with Crippen LogP contribution >= 0.6 is 0 Å². The SMILES string of the molecule is CC.CC.Cc1ccnc2cn[nH]c12. The maximum Gasteiger partial charge on any atom is 0.108 e. The van der Waals surface area contributed by atoms with Crippen molar-refractivity contribution in [2.45, 2.75) is 34.6 Å². The second kappa shape index (κ2) is 7.06. The van der Waals surface area contributed by atoms with Crippen molar-refractivity contribution in [2.75, 3.05) is 0 Å². The van der Waals surface area contributed by atoms with E-state index in [0.717, 1.165) is 11.0 Å². The van der Waals surface area contributed by atoms with Gasteiger partial charge in [-0.25, -0.2) is 0 Å². The minimum atomic E-state index is 0.931. The predicted molar refractivity (Wildman–Crippen MR) is 61.3 cm³/mol. The van der Waals surface area contributed by atoms with Gasteiger partial charge in [0.2, 0.25) is 0 Å². The van der Waals surface area contributed by atoms with E-state index in [4.69, 9.17) is 0 Å². The van der Waals surface area contributed by atoms with Gasteiger partial charge in [0.25, 0.3) is 0 Å². The largest absolute Gasteiger partial charge is 0.276 e. The van der Waals surface area contributed by atoms with Gasteiger partial charge in [0.15, 0.2) is 0 Å². The van der Waals surface area contributed by atoms with E-state index in [-0.39, 0.29) is 0 Å². The molecule has 0 saturated carbocycles. The molecule has 0 saturated heterocycles. The molecule has 0 spiro atoms. The van der Waals surface area contributed by atoms with Gasteiger partial charge in [0, 0.05) is 6.20 Å². The fraction of sp³-hybridized carbons (Fsp3) is 0.455. The topological polar surface area (TPSA) is 41.6 Å². The Kier molecular flexibility index (Phi) is 6.37. The molecule has 0 aliphatic rings. The standard InChI is InChI=1S/C7H7N3.2C2H6/c1-5-2-3-8-6-4-9-10-7(5)6;2*1-2/h2-4H,1H3,(H,9,10);2*1-2H3. The number of hydrogen-bond donors (Lipinski definition) is 1. The highest BCUT2D eigenvalue weighted by Crippen LogP contribution is 2.10. The molecule has 0 bridgehead atoms. The molecule has 1 N–H and O–H groups in total. The van der Waals surface area contributed by atoms with Crippen LogP contribution in [0.25, 0.3) is 11.0 Å². The van der Waals surface area contributed by atoms with Gasteiger partial charge in [0.05, 0.1) is 11.7 Å². The summed E-state index contributed by atoms with van der Waals surface area (Å²) in [4.78, 5) is 4.11. The molecule has 0 unspecified atom stereocenters. The molecule has 2 rings (SSSR count). The highest BCUT2D eigenvalue weighted by Gasteiger charge is 1.96. The Morgan fingerprint density at radius 3 is 2.36 bits per heavy atom. The van der Waals surface area contributed by atoms with E-state index in [1.165, 1.54) is 5.56 Å². The lowest BCUT2D eigenvalue weighted by atomic mass is 10.2. The van der Waals surface area contributed by atoms with Gasteiger partial charge in [-0.2, -0.15) is 5.10 Å². The lowest BCUT2D eigenvalue weighted by Gasteiger charge is -1.90. The molecule has 78 valence electrons. The molecule has 0 aliphatic carbocycles. The first-order chi connectivity index (χ1) is 6.88. The molecule has 3 heteroatoms. The van der Waals surface area contributed by atoms with Gasteiger partial charge in [-0.15, -0.1) is 0 Å². The van der Waals surface area contributed by atoms with E-state index in [1.54, 1.807) is 12.4 Å². The summed E-state index contributed by atoms with van der Waals surface area (Å²) in [5.74, 6) is 0. The minimum absolute atomic E-state index is 0.931. The van der Waals surface area contributed by atoms with Crippen molar-refractivity contribution in [3.8, 4) is 0 Å². The summed E-state index contributed by atoms with van der Waals surface area (Å²) in [6, 6.07) is 1.96. The monoisotopic (exact) mass is 193 g/mol. The second-order valence-electron chi connectivity index (χ2n) is 2.26. The number of aryl methyl sites for hydroxylation is 1. The Morgan fingerprint density at radius 1 is 1.14 bits per heavy atom. The number of nitrogens with zero attached hydrogens (tertiary/aromatic N) is 2. The molecule has 3 nitrogen and oxygen atoms in total. The number of hydrogen-bond acceptors (Lipinski definition) is 2. The number of aromatic amines is 1. The number of H-pyrrole nitrogens is 1. The molecule has 0 atom stereocenters. The lowest BCUT2D eigenvalue weighted by molar-refractivity contribution is 1.11. The molecular weight excluding hydrogens is 174 g/mol. The quantitative estimate of drug-likeness (QED) is 0.697. The Balaban J connectivity index is 0.000000379. The van der Waals surface area contributed by atoms with E-state index in [0.29, 0.717) is 0 Å². The van der Waals surface area contributed by atoms with E-state index < -0.39 is 0 Å². The van der Waals surface area contributed by atoms with Crippen LogP contribution in [0.4, 0.5) is 0 Å². The molecular formula is C11H19N3. The van der Waals surface area contributed by atoms with Crippen LogP contribution in [-0.4, -0.2) is 15.2 Å². The number of nitrogens with one attached hydrogen (secondary N) is 1. The highest BCUT2D eigenvalue weighted by molar-refractivity contribution is 5.76. The average Bonchev–Trinajstić information content (AvgIpc) is 2.73. The third-order valence-corrected chi connectivity index (χ3v) is 1.55. The number of aromatic nitrogens is 3. The van der Waals surface area contributed by atoms with Crippen LogP contribution in [0.3, 0.4) is 0 Å². The van der Waals surface area contributed by atoms with E-state index in [9.17, 15) is 0 Å². The molecule has 2 aromatic heterocycles. The Morgan fingerprint density at radius 2 is 1.79 bits per heavy atom. The van der Waals surface area contributed by atoms with Crippen molar-refractivity contribution in [1.82, 2.24) is 15.2 Å². The first-order valence-corrected chi connectivity index (χ1v) is 5.12. The summed E-state index contributed by atoms with van der Waals surface area (Å²) in [6.07, 6.45) is 3.51. The number of fused-ring (bicyclic) bond motifs is 1. The van der Waals surface area contributed by atoms with E-state index in [1.807, 2.05) is 40.7 Å². The molecule has 0 aliphatic heterocycles. The van der Waals surface area contributed by atoms with Crippen molar-refractivity contribution < 1.29 is 0 Å². The van der Waals surface area contributed by atoms with Gasteiger partial charge in [-0.1, -0.05) is 27.7 Å².